The normalized spacial score (nSPS) is 11.9. The maximum Gasteiger partial charge on any atom is 0.126 e. The van der Waals surface area contributed by atoms with Gasteiger partial charge in [0.2, 0.25) is 0 Å². The molecule has 1 aromatic rings. The molecule has 0 radical (unpaired) electrons. The van der Waals surface area contributed by atoms with E-state index in [9.17, 15) is 4.39 Å². The SMILES string of the molecule is Cc1c(F)cccc1C(CO)N=[N+]=[N-]. The minimum Gasteiger partial charge on any atom is -0.396 e. The summed E-state index contributed by atoms with van der Waals surface area (Å²) in [6.45, 7) is 1.26. The summed E-state index contributed by atoms with van der Waals surface area (Å²) in [4.78, 5) is 2.60. The first-order valence-electron chi connectivity index (χ1n) is 4.10. The van der Waals surface area contributed by atoms with Gasteiger partial charge in [-0.05, 0) is 29.6 Å². The Balaban J connectivity index is 3.16. The van der Waals surface area contributed by atoms with E-state index in [1.54, 1.807) is 13.0 Å². The summed E-state index contributed by atoms with van der Waals surface area (Å²) in [5, 5.41) is 12.3. The van der Waals surface area contributed by atoms with Crippen molar-refractivity contribution in [3.05, 3.63) is 45.6 Å². The molecule has 1 aromatic carbocycles. The summed E-state index contributed by atoms with van der Waals surface area (Å²) in [5.41, 5.74) is 9.16. The number of azide groups is 1. The summed E-state index contributed by atoms with van der Waals surface area (Å²) >= 11 is 0. The van der Waals surface area contributed by atoms with E-state index in [1.165, 1.54) is 12.1 Å². The Morgan fingerprint density at radius 2 is 2.36 bits per heavy atom. The van der Waals surface area contributed by atoms with Gasteiger partial charge in [0.1, 0.15) is 5.82 Å². The van der Waals surface area contributed by atoms with Crippen LogP contribution in [0.1, 0.15) is 17.2 Å². The Bertz CT molecular complexity index is 374. The van der Waals surface area contributed by atoms with Crippen molar-refractivity contribution in [2.45, 2.75) is 13.0 Å². The van der Waals surface area contributed by atoms with E-state index < -0.39 is 6.04 Å². The number of nitrogens with zero attached hydrogens (tertiary/aromatic N) is 3. The first kappa shape index (κ1) is 10.5. The van der Waals surface area contributed by atoms with Crippen LogP contribution in [0.25, 0.3) is 10.4 Å². The van der Waals surface area contributed by atoms with Crippen LogP contribution < -0.4 is 0 Å². The van der Waals surface area contributed by atoms with Crippen molar-refractivity contribution in [1.82, 2.24) is 0 Å². The highest BCUT2D eigenvalue weighted by atomic mass is 19.1. The molecule has 1 atom stereocenters. The molecule has 0 fully saturated rings. The summed E-state index contributed by atoms with van der Waals surface area (Å²) in [6, 6.07) is 3.76. The standard InChI is InChI=1S/C9H10FN3O/c1-6-7(3-2-4-8(6)10)9(5-14)12-13-11/h2-4,9,14H,5H2,1H3. The highest BCUT2D eigenvalue weighted by Crippen LogP contribution is 2.22. The van der Waals surface area contributed by atoms with Crippen molar-refractivity contribution in [3.63, 3.8) is 0 Å². The number of hydrogen-bond donors (Lipinski definition) is 1. The lowest BCUT2D eigenvalue weighted by Crippen LogP contribution is -2.03. The van der Waals surface area contributed by atoms with Crippen LogP contribution in [-0.2, 0) is 0 Å². The Kier molecular flexibility index (Phi) is 3.45. The van der Waals surface area contributed by atoms with Gasteiger partial charge in [0.15, 0.2) is 0 Å². The molecule has 5 heteroatoms. The molecule has 1 rings (SSSR count). The lowest BCUT2D eigenvalue weighted by Gasteiger charge is -2.11. The van der Waals surface area contributed by atoms with Crippen LogP contribution in [0, 0.1) is 12.7 Å². The highest BCUT2D eigenvalue weighted by Gasteiger charge is 2.12. The molecule has 0 aliphatic rings. The van der Waals surface area contributed by atoms with Gasteiger partial charge in [-0.2, -0.15) is 0 Å². The quantitative estimate of drug-likeness (QED) is 0.449. The van der Waals surface area contributed by atoms with Crippen LogP contribution in [0.15, 0.2) is 23.3 Å². The van der Waals surface area contributed by atoms with E-state index >= 15 is 0 Å². The predicted octanol–water partition coefficient (Wildman–Crippen LogP) is 2.48. The second-order valence-electron chi connectivity index (χ2n) is 2.86. The Morgan fingerprint density at radius 1 is 1.64 bits per heavy atom. The number of aliphatic hydroxyl groups is 1. The summed E-state index contributed by atoms with van der Waals surface area (Å²) < 4.78 is 13.1. The molecule has 0 spiro atoms. The van der Waals surface area contributed by atoms with Crippen LogP contribution in [0.2, 0.25) is 0 Å². The van der Waals surface area contributed by atoms with Crippen LogP contribution in [0.4, 0.5) is 4.39 Å². The van der Waals surface area contributed by atoms with Crippen LogP contribution in [-0.4, -0.2) is 11.7 Å². The molecule has 0 bridgehead atoms. The average molecular weight is 195 g/mol. The van der Waals surface area contributed by atoms with Gasteiger partial charge in [0.05, 0.1) is 12.6 Å². The highest BCUT2D eigenvalue weighted by molar-refractivity contribution is 5.30. The van der Waals surface area contributed by atoms with Crippen molar-refractivity contribution >= 4 is 0 Å². The summed E-state index contributed by atoms with van der Waals surface area (Å²) in [7, 11) is 0. The Morgan fingerprint density at radius 3 is 2.93 bits per heavy atom. The third-order valence-electron chi connectivity index (χ3n) is 2.03. The molecule has 0 aromatic heterocycles. The van der Waals surface area contributed by atoms with Gasteiger partial charge in [0.25, 0.3) is 0 Å². The molecule has 0 amide bonds. The second kappa shape index (κ2) is 4.60. The van der Waals surface area contributed by atoms with E-state index in [2.05, 4.69) is 10.0 Å². The van der Waals surface area contributed by atoms with E-state index in [0.717, 1.165) is 0 Å². The van der Waals surface area contributed by atoms with E-state index in [0.29, 0.717) is 11.1 Å². The molecule has 0 heterocycles. The summed E-state index contributed by atoms with van der Waals surface area (Å²) in [6.07, 6.45) is 0. The first-order chi connectivity index (χ1) is 6.70. The predicted molar refractivity (Wildman–Crippen MR) is 50.1 cm³/mol. The molecule has 0 saturated carbocycles. The molecular formula is C9H10FN3O. The maximum atomic E-state index is 13.1. The Hall–Kier alpha value is -1.58. The van der Waals surface area contributed by atoms with E-state index in [1.807, 2.05) is 0 Å². The van der Waals surface area contributed by atoms with Gasteiger partial charge in [-0.3, -0.25) is 0 Å². The molecule has 4 nitrogen and oxygen atoms in total. The van der Waals surface area contributed by atoms with E-state index in [-0.39, 0.29) is 12.4 Å². The lowest BCUT2D eigenvalue weighted by atomic mass is 10.0. The van der Waals surface area contributed by atoms with Gasteiger partial charge >= 0.3 is 0 Å². The Labute approximate surface area is 80.6 Å². The fourth-order valence-corrected chi connectivity index (χ4v) is 1.24. The molecule has 0 saturated heterocycles. The second-order valence-corrected chi connectivity index (χ2v) is 2.86. The molecule has 0 aliphatic carbocycles. The molecule has 1 N–H and O–H groups in total. The number of benzene rings is 1. The van der Waals surface area contributed by atoms with Crippen LogP contribution in [0.3, 0.4) is 0 Å². The number of hydrogen-bond acceptors (Lipinski definition) is 2. The average Bonchev–Trinajstić information content (AvgIpc) is 2.19. The fourth-order valence-electron chi connectivity index (χ4n) is 1.24. The van der Waals surface area contributed by atoms with Crippen molar-refractivity contribution in [3.8, 4) is 0 Å². The lowest BCUT2D eigenvalue weighted by molar-refractivity contribution is 0.267. The zero-order valence-corrected chi connectivity index (χ0v) is 7.68. The molecular weight excluding hydrogens is 185 g/mol. The first-order valence-corrected chi connectivity index (χ1v) is 4.10. The molecule has 0 aliphatic heterocycles. The number of halogens is 1. The summed E-state index contributed by atoms with van der Waals surface area (Å²) in [5.74, 6) is -0.367. The monoisotopic (exact) mass is 195 g/mol. The van der Waals surface area contributed by atoms with Crippen molar-refractivity contribution in [1.29, 1.82) is 0 Å². The van der Waals surface area contributed by atoms with Crippen molar-refractivity contribution in [2.75, 3.05) is 6.61 Å². The van der Waals surface area contributed by atoms with Gasteiger partial charge < -0.3 is 5.11 Å². The van der Waals surface area contributed by atoms with Gasteiger partial charge in [-0.1, -0.05) is 17.2 Å². The van der Waals surface area contributed by atoms with E-state index in [4.69, 9.17) is 10.6 Å². The molecule has 74 valence electrons. The third-order valence-corrected chi connectivity index (χ3v) is 2.03. The van der Waals surface area contributed by atoms with Crippen LogP contribution in [0.5, 0.6) is 0 Å². The zero-order chi connectivity index (χ0) is 10.6. The van der Waals surface area contributed by atoms with Crippen LogP contribution >= 0.6 is 0 Å². The van der Waals surface area contributed by atoms with Crippen molar-refractivity contribution < 1.29 is 9.50 Å². The molecule has 14 heavy (non-hydrogen) atoms. The number of rotatable bonds is 3. The smallest absolute Gasteiger partial charge is 0.126 e. The topological polar surface area (TPSA) is 69.0 Å². The van der Waals surface area contributed by atoms with Gasteiger partial charge in [0, 0.05) is 4.91 Å². The molecule has 1 unspecified atom stereocenters. The third kappa shape index (κ3) is 2.02. The zero-order valence-electron chi connectivity index (χ0n) is 7.68. The minimum absolute atomic E-state index is 0.325. The fraction of sp³-hybridized carbons (Fsp3) is 0.333. The van der Waals surface area contributed by atoms with Gasteiger partial charge in [-0.15, -0.1) is 0 Å². The number of aliphatic hydroxyl groups excluding tert-OH is 1. The minimum atomic E-state index is -0.712. The van der Waals surface area contributed by atoms with Gasteiger partial charge in [-0.25, -0.2) is 4.39 Å². The maximum absolute atomic E-state index is 13.1. The largest absolute Gasteiger partial charge is 0.396 e. The van der Waals surface area contributed by atoms with Crippen molar-refractivity contribution in [2.24, 2.45) is 5.11 Å².